The van der Waals surface area contributed by atoms with Gasteiger partial charge in [0.25, 0.3) is 11.5 Å². The zero-order chi connectivity index (χ0) is 22.2. The number of aryl methyl sites for hydroxylation is 2. The lowest BCUT2D eigenvalue weighted by molar-refractivity contribution is -0.145. The van der Waals surface area contributed by atoms with Crippen molar-refractivity contribution in [2.24, 2.45) is 0 Å². The number of carbonyl (C=O) groups is 2. The van der Waals surface area contributed by atoms with Crippen LogP contribution in [0.5, 0.6) is 0 Å². The van der Waals surface area contributed by atoms with Gasteiger partial charge in [-0.05, 0) is 18.9 Å². The Hall–Kier alpha value is -3.04. The quantitative estimate of drug-likeness (QED) is 0.564. The fourth-order valence-electron chi connectivity index (χ4n) is 4.27. The maximum atomic E-state index is 13.2. The molecule has 0 unspecified atom stereocenters. The summed E-state index contributed by atoms with van der Waals surface area (Å²) in [6.07, 6.45) is 0.590. The Labute approximate surface area is 188 Å². The normalized spacial score (nSPS) is 16.7. The molecule has 1 atom stereocenters. The molecular weight excluding hydrogens is 430 g/mol. The summed E-state index contributed by atoms with van der Waals surface area (Å²) in [6, 6.07) is 8.99. The topological polar surface area (TPSA) is 90.7 Å². The van der Waals surface area contributed by atoms with Gasteiger partial charge in [0.15, 0.2) is 0 Å². The smallest absolute Gasteiger partial charge is 0.349 e. The number of hydrogen-bond acceptors (Lipinski definition) is 7. The third-order valence-electron chi connectivity index (χ3n) is 5.97. The predicted octanol–water partition coefficient (Wildman–Crippen LogP) is 2.47. The second-order valence-electron chi connectivity index (χ2n) is 7.96. The first-order chi connectivity index (χ1) is 15.5. The average molecular weight is 454 g/mol. The second-order valence-corrected chi connectivity index (χ2v) is 8.96. The van der Waals surface area contributed by atoms with Crippen molar-refractivity contribution in [2.45, 2.75) is 32.4 Å². The summed E-state index contributed by atoms with van der Waals surface area (Å²) in [5, 5.41) is 0.461. The van der Waals surface area contributed by atoms with Crippen molar-refractivity contribution in [3.05, 3.63) is 62.5 Å². The third-order valence-corrected chi connectivity index (χ3v) is 7.14. The number of amides is 1. The van der Waals surface area contributed by atoms with Crippen molar-refractivity contribution in [1.82, 2.24) is 14.5 Å². The molecule has 32 heavy (non-hydrogen) atoms. The van der Waals surface area contributed by atoms with Crippen molar-refractivity contribution in [1.29, 1.82) is 0 Å². The summed E-state index contributed by atoms with van der Waals surface area (Å²) in [6.45, 7) is 4.20. The molecule has 2 aromatic heterocycles. The average Bonchev–Trinajstić information content (AvgIpc) is 3.43. The van der Waals surface area contributed by atoms with Crippen LogP contribution in [0.25, 0.3) is 10.2 Å². The SMILES string of the molecule is Cc1c(C(=O)O[C@H](C(=O)N2CCOCC2)c2ccccc2)sc2nc3n(c(=O)c12)CCC3. The Morgan fingerprint density at radius 2 is 1.91 bits per heavy atom. The molecule has 1 saturated heterocycles. The molecule has 2 aliphatic rings. The standard InChI is InChI=1S/C23H23N3O5S/c1-14-17-20(24-16-8-5-9-26(16)21(17)27)32-19(14)23(29)31-18(15-6-3-2-4-7-15)22(28)25-10-12-30-13-11-25/h2-4,6-7,18H,5,8-13H2,1H3/t18-/m0/s1. The van der Waals surface area contributed by atoms with Gasteiger partial charge in [-0.3, -0.25) is 14.2 Å². The van der Waals surface area contributed by atoms with E-state index in [1.54, 1.807) is 40.7 Å². The molecule has 166 valence electrons. The number of ether oxygens (including phenoxy) is 2. The molecule has 0 spiro atoms. The summed E-state index contributed by atoms with van der Waals surface area (Å²) in [5.41, 5.74) is 1.05. The lowest BCUT2D eigenvalue weighted by Gasteiger charge is -2.30. The van der Waals surface area contributed by atoms with Crippen LogP contribution in [-0.4, -0.2) is 52.6 Å². The molecule has 0 radical (unpaired) electrons. The van der Waals surface area contributed by atoms with E-state index in [-0.39, 0.29) is 11.5 Å². The number of thiophene rings is 1. The van der Waals surface area contributed by atoms with E-state index in [9.17, 15) is 14.4 Å². The van der Waals surface area contributed by atoms with Crippen molar-refractivity contribution in [3.8, 4) is 0 Å². The molecule has 1 aromatic carbocycles. The molecule has 0 aliphatic carbocycles. The van der Waals surface area contributed by atoms with E-state index >= 15 is 0 Å². The number of morpholine rings is 1. The second kappa shape index (κ2) is 8.48. The minimum Gasteiger partial charge on any atom is -0.443 e. The molecule has 2 aliphatic heterocycles. The van der Waals surface area contributed by atoms with Crippen LogP contribution in [-0.2, 0) is 27.2 Å². The summed E-state index contributed by atoms with van der Waals surface area (Å²) >= 11 is 1.15. The number of carbonyl (C=O) groups excluding carboxylic acids is 2. The summed E-state index contributed by atoms with van der Waals surface area (Å²) in [5.74, 6) is -0.136. The van der Waals surface area contributed by atoms with E-state index in [0.717, 1.165) is 30.0 Å². The molecule has 5 rings (SSSR count). The van der Waals surface area contributed by atoms with Crippen LogP contribution in [0, 0.1) is 6.92 Å². The number of benzene rings is 1. The summed E-state index contributed by atoms with van der Waals surface area (Å²) in [7, 11) is 0. The van der Waals surface area contributed by atoms with Crippen molar-refractivity contribution < 1.29 is 19.1 Å². The van der Waals surface area contributed by atoms with Gasteiger partial charge in [0.05, 0.1) is 18.6 Å². The van der Waals surface area contributed by atoms with E-state index in [4.69, 9.17) is 9.47 Å². The van der Waals surface area contributed by atoms with E-state index in [2.05, 4.69) is 4.98 Å². The van der Waals surface area contributed by atoms with Gasteiger partial charge in [0.2, 0.25) is 6.10 Å². The van der Waals surface area contributed by atoms with Crippen LogP contribution in [0.2, 0.25) is 0 Å². The van der Waals surface area contributed by atoms with E-state index < -0.39 is 12.1 Å². The highest BCUT2D eigenvalue weighted by Crippen LogP contribution is 2.31. The van der Waals surface area contributed by atoms with Crippen LogP contribution in [0.15, 0.2) is 35.1 Å². The van der Waals surface area contributed by atoms with Crippen molar-refractivity contribution in [2.75, 3.05) is 26.3 Å². The Kier molecular flexibility index (Phi) is 5.52. The first-order valence-electron chi connectivity index (χ1n) is 10.7. The first-order valence-corrected chi connectivity index (χ1v) is 11.5. The van der Waals surface area contributed by atoms with Gasteiger partial charge in [-0.25, -0.2) is 9.78 Å². The van der Waals surface area contributed by atoms with Crippen LogP contribution < -0.4 is 5.56 Å². The number of esters is 1. The minimum atomic E-state index is -1.06. The highest BCUT2D eigenvalue weighted by Gasteiger charge is 2.32. The van der Waals surface area contributed by atoms with E-state index in [1.165, 1.54) is 0 Å². The highest BCUT2D eigenvalue weighted by molar-refractivity contribution is 7.20. The van der Waals surface area contributed by atoms with Gasteiger partial charge < -0.3 is 14.4 Å². The van der Waals surface area contributed by atoms with E-state index in [1.807, 2.05) is 6.07 Å². The predicted molar refractivity (Wildman–Crippen MR) is 119 cm³/mol. The monoisotopic (exact) mass is 453 g/mol. The minimum absolute atomic E-state index is 0.112. The zero-order valence-electron chi connectivity index (χ0n) is 17.7. The number of aromatic nitrogens is 2. The van der Waals surface area contributed by atoms with Crippen LogP contribution in [0.4, 0.5) is 0 Å². The maximum absolute atomic E-state index is 13.2. The molecule has 9 heteroatoms. The first kappa shape index (κ1) is 20.8. The summed E-state index contributed by atoms with van der Waals surface area (Å²) < 4.78 is 12.8. The third kappa shape index (κ3) is 3.61. The Morgan fingerprint density at radius 1 is 1.16 bits per heavy atom. The van der Waals surface area contributed by atoms with Gasteiger partial charge in [-0.1, -0.05) is 30.3 Å². The van der Waals surface area contributed by atoms with Crippen LogP contribution in [0.3, 0.4) is 0 Å². The van der Waals surface area contributed by atoms with Gasteiger partial charge in [0, 0.05) is 31.6 Å². The fourth-order valence-corrected chi connectivity index (χ4v) is 5.34. The van der Waals surface area contributed by atoms with Gasteiger partial charge in [-0.2, -0.15) is 0 Å². The van der Waals surface area contributed by atoms with Gasteiger partial charge in [0.1, 0.15) is 15.5 Å². The molecule has 3 aromatic rings. The maximum Gasteiger partial charge on any atom is 0.349 e. The van der Waals surface area contributed by atoms with Crippen molar-refractivity contribution >= 4 is 33.4 Å². The number of rotatable bonds is 4. The molecule has 8 nitrogen and oxygen atoms in total. The largest absolute Gasteiger partial charge is 0.443 e. The molecule has 4 heterocycles. The number of fused-ring (bicyclic) bond motifs is 2. The molecule has 0 saturated carbocycles. The number of hydrogen-bond donors (Lipinski definition) is 0. The van der Waals surface area contributed by atoms with Crippen LogP contribution in [0.1, 0.15) is 39.1 Å². The molecule has 1 fully saturated rings. The Bertz CT molecular complexity index is 1240. The van der Waals surface area contributed by atoms with Crippen LogP contribution >= 0.6 is 11.3 Å². The van der Waals surface area contributed by atoms with Gasteiger partial charge >= 0.3 is 5.97 Å². The highest BCUT2D eigenvalue weighted by atomic mass is 32.1. The Balaban J connectivity index is 1.49. The molecule has 0 N–H and O–H groups in total. The van der Waals surface area contributed by atoms with Crippen molar-refractivity contribution in [3.63, 3.8) is 0 Å². The summed E-state index contributed by atoms with van der Waals surface area (Å²) in [4.78, 5) is 46.5. The molecular formula is C23H23N3O5S. The number of nitrogens with zero attached hydrogens (tertiary/aromatic N) is 3. The lowest BCUT2D eigenvalue weighted by Crippen LogP contribution is -2.44. The molecule has 1 amide bonds. The Morgan fingerprint density at radius 3 is 2.66 bits per heavy atom. The van der Waals surface area contributed by atoms with E-state index in [0.29, 0.717) is 59.1 Å². The zero-order valence-corrected chi connectivity index (χ0v) is 18.5. The molecule has 0 bridgehead atoms. The van der Waals surface area contributed by atoms with Gasteiger partial charge in [-0.15, -0.1) is 11.3 Å². The lowest BCUT2D eigenvalue weighted by atomic mass is 10.1. The fraction of sp³-hybridized carbons (Fsp3) is 0.391.